The van der Waals surface area contributed by atoms with Crippen molar-refractivity contribution in [3.8, 4) is 0 Å². The number of aliphatic hydroxyl groups is 1. The third kappa shape index (κ3) is 2.91. The molecule has 0 saturated heterocycles. The van der Waals surface area contributed by atoms with Crippen molar-refractivity contribution in [2.24, 2.45) is 0 Å². The topological polar surface area (TPSA) is 69.6 Å². The fraction of sp³-hybridized carbons (Fsp3) is 0.538. The Morgan fingerprint density at radius 2 is 2.21 bits per heavy atom. The van der Waals surface area contributed by atoms with E-state index in [0.717, 1.165) is 24.2 Å². The average molecular weight is 284 g/mol. The number of hydrogen-bond acceptors (Lipinski definition) is 4. The fourth-order valence-electron chi connectivity index (χ4n) is 2.29. The van der Waals surface area contributed by atoms with E-state index in [1.165, 1.54) is 4.31 Å². The molecule has 0 aromatic heterocycles. The van der Waals surface area contributed by atoms with Crippen LogP contribution in [0.4, 0.5) is 5.69 Å². The van der Waals surface area contributed by atoms with Gasteiger partial charge in [0.15, 0.2) is 0 Å². The van der Waals surface area contributed by atoms with E-state index in [0.29, 0.717) is 24.4 Å². The fourth-order valence-corrected chi connectivity index (χ4v) is 3.82. The molecule has 0 spiro atoms. The number of nitrogens with one attached hydrogen (secondary N) is 1. The zero-order valence-corrected chi connectivity index (χ0v) is 11.9. The lowest BCUT2D eigenvalue weighted by molar-refractivity contribution is 0.271. The maximum absolute atomic E-state index is 12.5. The zero-order valence-electron chi connectivity index (χ0n) is 11.1. The minimum atomic E-state index is -3.45. The van der Waals surface area contributed by atoms with Crippen LogP contribution in [0.3, 0.4) is 0 Å². The smallest absolute Gasteiger partial charge is 0.243 e. The van der Waals surface area contributed by atoms with E-state index in [-0.39, 0.29) is 6.61 Å². The lowest BCUT2D eigenvalue weighted by Crippen LogP contribution is -2.32. The summed E-state index contributed by atoms with van der Waals surface area (Å²) >= 11 is 0. The van der Waals surface area contributed by atoms with Gasteiger partial charge in [-0.05, 0) is 36.6 Å². The minimum absolute atomic E-state index is 0.000127. The quantitative estimate of drug-likeness (QED) is 0.819. The molecular formula is C13H20N2O3S. The maximum Gasteiger partial charge on any atom is 0.243 e. The van der Waals surface area contributed by atoms with Gasteiger partial charge >= 0.3 is 0 Å². The molecule has 0 bridgehead atoms. The first kappa shape index (κ1) is 14.3. The molecular weight excluding hydrogens is 264 g/mol. The zero-order chi connectivity index (χ0) is 13.9. The van der Waals surface area contributed by atoms with E-state index >= 15 is 0 Å². The molecule has 19 heavy (non-hydrogen) atoms. The Labute approximate surface area is 114 Å². The summed E-state index contributed by atoms with van der Waals surface area (Å²) in [7, 11) is -3.45. The molecule has 0 fully saturated rings. The largest absolute Gasteiger partial charge is 0.396 e. The normalized spacial score (nSPS) is 14.5. The van der Waals surface area contributed by atoms with Gasteiger partial charge in [-0.15, -0.1) is 0 Å². The van der Waals surface area contributed by atoms with E-state index in [1.54, 1.807) is 12.1 Å². The summed E-state index contributed by atoms with van der Waals surface area (Å²) in [4.78, 5) is 0.342. The Hall–Kier alpha value is -1.11. The lowest BCUT2D eigenvalue weighted by atomic mass is 10.2. The standard InChI is InChI=1S/C13H20N2O3S/c1-2-15(8-3-9-16)19(17,18)12-4-5-13-11(10-12)6-7-14-13/h4-5,10,14,16H,2-3,6-9H2,1H3. The van der Waals surface area contributed by atoms with E-state index < -0.39 is 10.0 Å². The van der Waals surface area contributed by atoms with Gasteiger partial charge in [-0.25, -0.2) is 8.42 Å². The molecule has 0 aliphatic carbocycles. The summed E-state index contributed by atoms with van der Waals surface area (Å²) in [6, 6.07) is 5.23. The molecule has 1 aliphatic heterocycles. The summed E-state index contributed by atoms with van der Waals surface area (Å²) < 4.78 is 26.4. The van der Waals surface area contributed by atoms with Gasteiger partial charge in [0.05, 0.1) is 4.90 Å². The van der Waals surface area contributed by atoms with Crippen molar-refractivity contribution in [3.05, 3.63) is 23.8 Å². The van der Waals surface area contributed by atoms with Crippen molar-refractivity contribution in [3.63, 3.8) is 0 Å². The predicted octanol–water partition coefficient (Wildman–Crippen LogP) is 1.05. The summed E-state index contributed by atoms with van der Waals surface area (Å²) in [5.74, 6) is 0. The van der Waals surface area contributed by atoms with Gasteiger partial charge in [0.25, 0.3) is 0 Å². The van der Waals surface area contributed by atoms with Crippen molar-refractivity contribution in [2.45, 2.75) is 24.7 Å². The first-order valence-corrected chi connectivity index (χ1v) is 8.01. The van der Waals surface area contributed by atoms with Crippen LogP contribution in [-0.2, 0) is 16.4 Å². The van der Waals surface area contributed by atoms with Gasteiger partial charge in [0.2, 0.25) is 10.0 Å². The van der Waals surface area contributed by atoms with Crippen molar-refractivity contribution in [2.75, 3.05) is 31.6 Å². The summed E-state index contributed by atoms with van der Waals surface area (Å²) in [6.45, 7) is 3.44. The van der Waals surface area contributed by atoms with Gasteiger partial charge in [0.1, 0.15) is 0 Å². The van der Waals surface area contributed by atoms with E-state index in [1.807, 2.05) is 13.0 Å². The number of fused-ring (bicyclic) bond motifs is 1. The number of nitrogens with zero attached hydrogens (tertiary/aromatic N) is 1. The molecule has 0 saturated carbocycles. The first-order valence-electron chi connectivity index (χ1n) is 6.57. The molecule has 1 aromatic rings. The van der Waals surface area contributed by atoms with E-state index in [4.69, 9.17) is 5.11 Å². The molecule has 106 valence electrons. The van der Waals surface area contributed by atoms with Gasteiger partial charge in [-0.1, -0.05) is 6.92 Å². The summed E-state index contributed by atoms with van der Waals surface area (Å²) in [6.07, 6.45) is 1.32. The third-order valence-corrected chi connectivity index (χ3v) is 5.31. The average Bonchev–Trinajstić information content (AvgIpc) is 2.86. The Morgan fingerprint density at radius 3 is 2.89 bits per heavy atom. The van der Waals surface area contributed by atoms with Gasteiger partial charge in [-0.3, -0.25) is 0 Å². The minimum Gasteiger partial charge on any atom is -0.396 e. The van der Waals surface area contributed by atoms with Crippen molar-refractivity contribution < 1.29 is 13.5 Å². The second kappa shape index (κ2) is 5.90. The number of rotatable bonds is 6. The molecule has 0 radical (unpaired) electrons. The number of anilines is 1. The van der Waals surface area contributed by atoms with Crippen LogP contribution in [0.5, 0.6) is 0 Å². The van der Waals surface area contributed by atoms with E-state index in [2.05, 4.69) is 5.32 Å². The molecule has 2 N–H and O–H groups in total. The molecule has 0 amide bonds. The molecule has 6 heteroatoms. The van der Waals surface area contributed by atoms with Crippen LogP contribution in [0.15, 0.2) is 23.1 Å². The summed E-state index contributed by atoms with van der Waals surface area (Å²) in [5.41, 5.74) is 2.08. The molecule has 2 rings (SSSR count). The number of sulfonamides is 1. The Kier molecular flexibility index (Phi) is 4.44. The molecule has 1 aliphatic rings. The van der Waals surface area contributed by atoms with Crippen molar-refractivity contribution in [1.82, 2.24) is 4.31 Å². The number of benzene rings is 1. The Bertz CT molecular complexity index is 543. The monoisotopic (exact) mass is 284 g/mol. The summed E-state index contributed by atoms with van der Waals surface area (Å²) in [5, 5.41) is 12.1. The maximum atomic E-state index is 12.5. The van der Waals surface area contributed by atoms with Crippen LogP contribution in [0.25, 0.3) is 0 Å². The van der Waals surface area contributed by atoms with Crippen LogP contribution < -0.4 is 5.32 Å². The lowest BCUT2D eigenvalue weighted by Gasteiger charge is -2.20. The van der Waals surface area contributed by atoms with Gasteiger partial charge in [-0.2, -0.15) is 4.31 Å². The van der Waals surface area contributed by atoms with Crippen LogP contribution in [0.2, 0.25) is 0 Å². The number of aliphatic hydroxyl groups excluding tert-OH is 1. The molecule has 5 nitrogen and oxygen atoms in total. The second-order valence-corrected chi connectivity index (χ2v) is 6.51. The van der Waals surface area contributed by atoms with Crippen molar-refractivity contribution in [1.29, 1.82) is 0 Å². The van der Waals surface area contributed by atoms with E-state index in [9.17, 15) is 8.42 Å². The van der Waals surface area contributed by atoms with Crippen LogP contribution in [-0.4, -0.2) is 44.1 Å². The molecule has 0 unspecified atom stereocenters. The highest BCUT2D eigenvalue weighted by Gasteiger charge is 2.24. The third-order valence-electron chi connectivity index (χ3n) is 3.34. The highest BCUT2D eigenvalue weighted by Crippen LogP contribution is 2.26. The molecule has 1 heterocycles. The highest BCUT2D eigenvalue weighted by molar-refractivity contribution is 7.89. The van der Waals surface area contributed by atoms with Crippen molar-refractivity contribution >= 4 is 15.7 Å². The molecule has 0 atom stereocenters. The van der Waals surface area contributed by atoms with Gasteiger partial charge in [0, 0.05) is 31.9 Å². The van der Waals surface area contributed by atoms with Crippen LogP contribution >= 0.6 is 0 Å². The first-order chi connectivity index (χ1) is 9.09. The van der Waals surface area contributed by atoms with Crippen LogP contribution in [0.1, 0.15) is 18.9 Å². The Morgan fingerprint density at radius 1 is 1.42 bits per heavy atom. The highest BCUT2D eigenvalue weighted by atomic mass is 32.2. The molecule has 1 aromatic carbocycles. The Balaban J connectivity index is 2.27. The van der Waals surface area contributed by atoms with Crippen LogP contribution in [0, 0.1) is 0 Å². The van der Waals surface area contributed by atoms with Gasteiger partial charge < -0.3 is 10.4 Å². The SMILES string of the molecule is CCN(CCCO)S(=O)(=O)c1ccc2c(c1)CCN2. The number of hydrogen-bond donors (Lipinski definition) is 2. The second-order valence-electron chi connectivity index (χ2n) is 4.57. The predicted molar refractivity (Wildman–Crippen MR) is 74.8 cm³/mol.